The Morgan fingerprint density at radius 1 is 1.35 bits per heavy atom. The third kappa shape index (κ3) is 3.71. The van der Waals surface area contributed by atoms with Crippen LogP contribution < -0.4 is 10.2 Å². The van der Waals surface area contributed by atoms with Crippen LogP contribution in [0.25, 0.3) is 0 Å². The van der Waals surface area contributed by atoms with Gasteiger partial charge < -0.3 is 15.0 Å². The third-order valence-corrected chi connectivity index (χ3v) is 5.06. The standard InChI is InChI=1S/C17H21N3O2S/c1-12-5-6-15(23-12)13(2)19-17(21)14-4-3-7-18-16(14)20-8-10-22-11-9-20/h3-7,13H,8-11H2,1-2H3,(H,19,21)/t13-/m0/s1. The molecular weight excluding hydrogens is 310 g/mol. The number of thiophene rings is 1. The third-order valence-electron chi connectivity index (χ3n) is 3.88. The quantitative estimate of drug-likeness (QED) is 0.936. The van der Waals surface area contributed by atoms with Crippen LogP contribution in [0.4, 0.5) is 5.82 Å². The van der Waals surface area contributed by atoms with Crippen molar-refractivity contribution in [2.45, 2.75) is 19.9 Å². The van der Waals surface area contributed by atoms with Crippen LogP contribution in [0.15, 0.2) is 30.5 Å². The van der Waals surface area contributed by atoms with E-state index in [0.29, 0.717) is 18.8 Å². The van der Waals surface area contributed by atoms with Crippen molar-refractivity contribution in [3.63, 3.8) is 0 Å². The molecule has 1 saturated heterocycles. The van der Waals surface area contributed by atoms with Crippen LogP contribution in [0, 0.1) is 6.92 Å². The molecule has 0 unspecified atom stereocenters. The zero-order chi connectivity index (χ0) is 16.2. The monoisotopic (exact) mass is 331 g/mol. The Balaban J connectivity index is 1.76. The summed E-state index contributed by atoms with van der Waals surface area (Å²) in [6, 6.07) is 7.76. The molecule has 1 N–H and O–H groups in total. The van der Waals surface area contributed by atoms with Gasteiger partial charge in [-0.15, -0.1) is 11.3 Å². The number of rotatable bonds is 4. The highest BCUT2D eigenvalue weighted by Crippen LogP contribution is 2.24. The highest BCUT2D eigenvalue weighted by atomic mass is 32.1. The molecule has 2 aromatic heterocycles. The second kappa shape index (κ2) is 7.10. The molecule has 1 amide bonds. The van der Waals surface area contributed by atoms with Gasteiger partial charge in [0.25, 0.3) is 5.91 Å². The van der Waals surface area contributed by atoms with Crippen LogP contribution in [-0.2, 0) is 4.74 Å². The van der Waals surface area contributed by atoms with Crippen molar-refractivity contribution in [3.8, 4) is 0 Å². The zero-order valence-electron chi connectivity index (χ0n) is 13.4. The summed E-state index contributed by atoms with van der Waals surface area (Å²) in [5, 5.41) is 3.08. The van der Waals surface area contributed by atoms with Crippen LogP contribution in [0.5, 0.6) is 0 Å². The number of nitrogens with zero attached hydrogens (tertiary/aromatic N) is 2. The molecule has 122 valence electrons. The van der Waals surface area contributed by atoms with Gasteiger partial charge in [-0.05, 0) is 38.1 Å². The molecule has 5 nitrogen and oxygen atoms in total. The molecule has 1 fully saturated rings. The summed E-state index contributed by atoms with van der Waals surface area (Å²) in [7, 11) is 0. The van der Waals surface area contributed by atoms with E-state index in [4.69, 9.17) is 4.74 Å². The lowest BCUT2D eigenvalue weighted by Crippen LogP contribution is -2.38. The minimum absolute atomic E-state index is 0.0149. The smallest absolute Gasteiger partial charge is 0.255 e. The lowest BCUT2D eigenvalue weighted by atomic mass is 10.2. The number of hydrogen-bond acceptors (Lipinski definition) is 5. The molecule has 0 aliphatic carbocycles. The first-order valence-corrected chi connectivity index (χ1v) is 8.61. The molecule has 6 heteroatoms. The van der Waals surface area contributed by atoms with Crippen molar-refractivity contribution in [3.05, 3.63) is 45.8 Å². The molecule has 3 heterocycles. The maximum atomic E-state index is 12.7. The molecule has 0 spiro atoms. The van der Waals surface area contributed by atoms with Gasteiger partial charge in [0.15, 0.2) is 0 Å². The van der Waals surface area contributed by atoms with E-state index in [1.807, 2.05) is 13.0 Å². The minimum atomic E-state index is -0.0851. The summed E-state index contributed by atoms with van der Waals surface area (Å²) in [5.41, 5.74) is 0.620. The summed E-state index contributed by atoms with van der Waals surface area (Å²) < 4.78 is 5.38. The molecule has 23 heavy (non-hydrogen) atoms. The van der Waals surface area contributed by atoms with E-state index in [1.54, 1.807) is 23.6 Å². The normalized spacial score (nSPS) is 16.2. The number of amides is 1. The van der Waals surface area contributed by atoms with Gasteiger partial charge >= 0.3 is 0 Å². The Morgan fingerprint density at radius 2 is 2.13 bits per heavy atom. The average molecular weight is 331 g/mol. The van der Waals surface area contributed by atoms with Gasteiger partial charge in [-0.3, -0.25) is 4.79 Å². The van der Waals surface area contributed by atoms with E-state index in [-0.39, 0.29) is 11.9 Å². The predicted octanol–water partition coefficient (Wildman–Crippen LogP) is 2.78. The van der Waals surface area contributed by atoms with Crippen LogP contribution in [0.1, 0.15) is 33.1 Å². The fourth-order valence-electron chi connectivity index (χ4n) is 2.63. The summed E-state index contributed by atoms with van der Waals surface area (Å²) in [6.45, 7) is 6.94. The van der Waals surface area contributed by atoms with Gasteiger partial charge in [-0.25, -0.2) is 4.98 Å². The highest BCUT2D eigenvalue weighted by Gasteiger charge is 2.21. The molecule has 0 saturated carbocycles. The maximum Gasteiger partial charge on any atom is 0.255 e. The molecule has 0 bridgehead atoms. The van der Waals surface area contributed by atoms with Gasteiger partial charge in [-0.1, -0.05) is 0 Å². The summed E-state index contributed by atoms with van der Waals surface area (Å²) in [6.07, 6.45) is 1.73. The maximum absolute atomic E-state index is 12.7. The second-order valence-corrected chi connectivity index (χ2v) is 6.94. The van der Waals surface area contributed by atoms with E-state index < -0.39 is 0 Å². The summed E-state index contributed by atoms with van der Waals surface area (Å²) in [5.74, 6) is 0.654. The first-order chi connectivity index (χ1) is 11.1. The van der Waals surface area contributed by atoms with Crippen molar-refractivity contribution in [2.75, 3.05) is 31.2 Å². The number of hydrogen-bond donors (Lipinski definition) is 1. The predicted molar refractivity (Wildman–Crippen MR) is 92.2 cm³/mol. The largest absolute Gasteiger partial charge is 0.378 e. The van der Waals surface area contributed by atoms with E-state index in [9.17, 15) is 4.79 Å². The van der Waals surface area contributed by atoms with Gasteiger partial charge in [0.05, 0.1) is 24.8 Å². The van der Waals surface area contributed by atoms with E-state index in [0.717, 1.165) is 23.8 Å². The molecule has 0 aromatic carbocycles. The topological polar surface area (TPSA) is 54.5 Å². The number of aromatic nitrogens is 1. The Kier molecular flexibility index (Phi) is 4.93. The van der Waals surface area contributed by atoms with Crippen molar-refractivity contribution in [2.24, 2.45) is 0 Å². The molecule has 3 rings (SSSR count). The van der Waals surface area contributed by atoms with Gasteiger partial charge in [0.2, 0.25) is 0 Å². The Bertz CT molecular complexity index is 680. The number of ether oxygens (including phenoxy) is 1. The number of carbonyl (C=O) groups is 1. The molecule has 0 radical (unpaired) electrons. The fourth-order valence-corrected chi connectivity index (χ4v) is 3.51. The number of morpholine rings is 1. The molecule has 1 aliphatic heterocycles. The molecule has 2 aromatic rings. The van der Waals surface area contributed by atoms with Crippen molar-refractivity contribution >= 4 is 23.1 Å². The summed E-state index contributed by atoms with van der Waals surface area (Å²) in [4.78, 5) is 21.6. The number of aryl methyl sites for hydroxylation is 1. The Labute approximate surface area is 140 Å². The number of anilines is 1. The highest BCUT2D eigenvalue weighted by molar-refractivity contribution is 7.12. The van der Waals surface area contributed by atoms with E-state index >= 15 is 0 Å². The van der Waals surface area contributed by atoms with Gasteiger partial charge in [0, 0.05) is 29.0 Å². The average Bonchev–Trinajstić information content (AvgIpc) is 3.02. The first-order valence-electron chi connectivity index (χ1n) is 7.80. The minimum Gasteiger partial charge on any atom is -0.378 e. The molecular formula is C17H21N3O2S. The molecule has 1 aliphatic rings. The molecule has 1 atom stereocenters. The Morgan fingerprint density at radius 3 is 2.83 bits per heavy atom. The van der Waals surface area contributed by atoms with Gasteiger partial charge in [0.1, 0.15) is 5.82 Å². The second-order valence-electron chi connectivity index (χ2n) is 5.62. The lowest BCUT2D eigenvalue weighted by molar-refractivity contribution is 0.0938. The number of pyridine rings is 1. The number of carbonyl (C=O) groups excluding carboxylic acids is 1. The van der Waals surface area contributed by atoms with Crippen molar-refractivity contribution in [1.29, 1.82) is 0 Å². The van der Waals surface area contributed by atoms with Crippen molar-refractivity contribution < 1.29 is 9.53 Å². The van der Waals surface area contributed by atoms with E-state index in [2.05, 4.69) is 34.3 Å². The van der Waals surface area contributed by atoms with Crippen molar-refractivity contribution in [1.82, 2.24) is 10.3 Å². The Hall–Kier alpha value is -1.92. The number of nitrogens with one attached hydrogen (secondary N) is 1. The fraction of sp³-hybridized carbons (Fsp3) is 0.412. The van der Waals surface area contributed by atoms with Crippen LogP contribution in [-0.4, -0.2) is 37.2 Å². The van der Waals surface area contributed by atoms with Crippen LogP contribution in [0.3, 0.4) is 0 Å². The SMILES string of the molecule is Cc1ccc([C@H](C)NC(=O)c2cccnc2N2CCOCC2)s1. The van der Waals surface area contributed by atoms with Gasteiger partial charge in [-0.2, -0.15) is 0 Å². The van der Waals surface area contributed by atoms with Crippen LogP contribution >= 0.6 is 11.3 Å². The van der Waals surface area contributed by atoms with Crippen LogP contribution in [0.2, 0.25) is 0 Å². The first kappa shape index (κ1) is 16.0. The zero-order valence-corrected chi connectivity index (χ0v) is 14.2. The summed E-state index contributed by atoms with van der Waals surface area (Å²) >= 11 is 1.71. The lowest BCUT2D eigenvalue weighted by Gasteiger charge is -2.29. The van der Waals surface area contributed by atoms with E-state index in [1.165, 1.54) is 4.88 Å².